The van der Waals surface area contributed by atoms with E-state index >= 15 is 0 Å². The van der Waals surface area contributed by atoms with Crippen LogP contribution in [0.2, 0.25) is 0 Å². The number of carbonyl (C=O) groups is 1. The van der Waals surface area contributed by atoms with Gasteiger partial charge in [-0.3, -0.25) is 14.9 Å². The van der Waals surface area contributed by atoms with Gasteiger partial charge in [0, 0.05) is 24.2 Å². The number of ether oxygens (including phenoxy) is 1. The number of nitrogens with one attached hydrogen (secondary N) is 1. The summed E-state index contributed by atoms with van der Waals surface area (Å²) >= 11 is 0. The summed E-state index contributed by atoms with van der Waals surface area (Å²) in [6.45, 7) is 1.82. The molecule has 1 unspecified atom stereocenters. The number of nitrogens with zero attached hydrogens (tertiary/aromatic N) is 1. The van der Waals surface area contributed by atoms with Crippen LogP contribution in [0, 0.1) is 10.1 Å². The topological polar surface area (TPSA) is 102 Å². The fourth-order valence-corrected chi connectivity index (χ4v) is 1.62. The van der Waals surface area contributed by atoms with Crippen LogP contribution in [0.4, 0.5) is 11.4 Å². The standard InChI is InChI=1S/C12H16N2O5/c1-8(3-6-12(15)16)13-9-4-5-11(19-2)10(7-9)14(17)18/h4-5,7-8,13H,3,6H2,1-2H3,(H,15,16). The maximum absolute atomic E-state index is 10.9. The van der Waals surface area contributed by atoms with Gasteiger partial charge in [-0.05, 0) is 25.5 Å². The van der Waals surface area contributed by atoms with Crippen molar-refractivity contribution in [1.29, 1.82) is 0 Å². The lowest BCUT2D eigenvalue weighted by molar-refractivity contribution is -0.385. The van der Waals surface area contributed by atoms with E-state index in [0.717, 1.165) is 0 Å². The second-order valence-electron chi connectivity index (χ2n) is 4.12. The Hall–Kier alpha value is -2.31. The number of rotatable bonds is 7. The molecular formula is C12H16N2O5. The summed E-state index contributed by atoms with van der Waals surface area (Å²) in [5.41, 5.74) is 0.434. The van der Waals surface area contributed by atoms with E-state index in [4.69, 9.17) is 9.84 Å². The van der Waals surface area contributed by atoms with Crippen molar-refractivity contribution in [3.8, 4) is 5.75 Å². The highest BCUT2D eigenvalue weighted by Gasteiger charge is 2.16. The smallest absolute Gasteiger partial charge is 0.312 e. The highest BCUT2D eigenvalue weighted by atomic mass is 16.6. The number of methoxy groups -OCH3 is 1. The Morgan fingerprint density at radius 2 is 2.26 bits per heavy atom. The van der Waals surface area contributed by atoms with Gasteiger partial charge >= 0.3 is 11.7 Å². The van der Waals surface area contributed by atoms with Crippen molar-refractivity contribution >= 4 is 17.3 Å². The Kier molecular flexibility index (Phi) is 5.11. The zero-order chi connectivity index (χ0) is 14.4. The van der Waals surface area contributed by atoms with Crippen LogP contribution in [0.3, 0.4) is 0 Å². The van der Waals surface area contributed by atoms with E-state index in [1.165, 1.54) is 19.2 Å². The van der Waals surface area contributed by atoms with Crippen LogP contribution in [0.1, 0.15) is 19.8 Å². The Labute approximate surface area is 110 Å². The molecule has 0 saturated heterocycles. The lowest BCUT2D eigenvalue weighted by Gasteiger charge is -2.14. The molecule has 0 saturated carbocycles. The molecule has 0 aromatic heterocycles. The molecule has 0 bridgehead atoms. The van der Waals surface area contributed by atoms with Crippen LogP contribution in [0.15, 0.2) is 18.2 Å². The lowest BCUT2D eigenvalue weighted by Crippen LogP contribution is -2.16. The van der Waals surface area contributed by atoms with Gasteiger partial charge in [-0.1, -0.05) is 0 Å². The number of carboxylic acids is 1. The van der Waals surface area contributed by atoms with E-state index < -0.39 is 10.9 Å². The minimum absolute atomic E-state index is 0.0480. The van der Waals surface area contributed by atoms with Crippen molar-refractivity contribution in [3.05, 3.63) is 28.3 Å². The van der Waals surface area contributed by atoms with Gasteiger partial charge < -0.3 is 15.2 Å². The summed E-state index contributed by atoms with van der Waals surface area (Å²) in [6, 6.07) is 4.44. The van der Waals surface area contributed by atoms with Crippen LogP contribution >= 0.6 is 0 Å². The maximum Gasteiger partial charge on any atom is 0.312 e. The highest BCUT2D eigenvalue weighted by molar-refractivity contribution is 5.66. The molecule has 0 aliphatic carbocycles. The van der Waals surface area contributed by atoms with Gasteiger partial charge in [0.1, 0.15) is 0 Å². The molecule has 0 aliphatic heterocycles. The Balaban J connectivity index is 2.76. The summed E-state index contributed by atoms with van der Waals surface area (Å²) in [4.78, 5) is 20.8. The predicted molar refractivity (Wildman–Crippen MR) is 69.6 cm³/mol. The molecule has 0 radical (unpaired) electrons. The van der Waals surface area contributed by atoms with E-state index in [9.17, 15) is 14.9 Å². The van der Waals surface area contributed by atoms with E-state index in [2.05, 4.69) is 5.32 Å². The minimum atomic E-state index is -0.866. The molecule has 0 fully saturated rings. The molecule has 0 amide bonds. The maximum atomic E-state index is 10.9. The zero-order valence-corrected chi connectivity index (χ0v) is 10.8. The van der Waals surface area contributed by atoms with Crippen LogP contribution < -0.4 is 10.1 Å². The van der Waals surface area contributed by atoms with Gasteiger partial charge in [-0.25, -0.2) is 0 Å². The molecule has 1 aromatic carbocycles. The van der Waals surface area contributed by atoms with Crippen molar-refractivity contribution in [1.82, 2.24) is 0 Å². The molecule has 104 valence electrons. The van der Waals surface area contributed by atoms with Gasteiger partial charge in [0.15, 0.2) is 5.75 Å². The van der Waals surface area contributed by atoms with E-state index in [0.29, 0.717) is 12.1 Å². The molecule has 0 spiro atoms. The molecule has 1 atom stereocenters. The number of nitro groups is 1. The van der Waals surface area contributed by atoms with Crippen LogP contribution in [-0.4, -0.2) is 29.2 Å². The third-order valence-corrected chi connectivity index (χ3v) is 2.58. The normalized spacial score (nSPS) is 11.7. The monoisotopic (exact) mass is 268 g/mol. The number of nitro benzene ring substituents is 1. The molecular weight excluding hydrogens is 252 g/mol. The summed E-state index contributed by atoms with van der Waals surface area (Å²) in [5.74, 6) is -0.678. The number of aliphatic carboxylic acids is 1. The first-order chi connectivity index (χ1) is 8.93. The number of anilines is 1. The highest BCUT2D eigenvalue weighted by Crippen LogP contribution is 2.30. The van der Waals surface area contributed by atoms with Crippen molar-refractivity contribution in [2.75, 3.05) is 12.4 Å². The van der Waals surface area contributed by atoms with Crippen LogP contribution in [-0.2, 0) is 4.79 Å². The number of carboxylic acid groups (broad SMARTS) is 1. The van der Waals surface area contributed by atoms with Gasteiger partial charge in [-0.15, -0.1) is 0 Å². The van der Waals surface area contributed by atoms with Gasteiger partial charge in [0.25, 0.3) is 0 Å². The van der Waals surface area contributed by atoms with E-state index in [-0.39, 0.29) is 23.9 Å². The molecule has 1 aromatic rings. The fraction of sp³-hybridized carbons (Fsp3) is 0.417. The summed E-state index contributed by atoms with van der Waals surface area (Å²) < 4.78 is 4.90. The van der Waals surface area contributed by atoms with Crippen molar-refractivity contribution in [2.24, 2.45) is 0 Å². The van der Waals surface area contributed by atoms with Gasteiger partial charge in [0.05, 0.1) is 12.0 Å². The summed E-state index contributed by atoms with van der Waals surface area (Å²) in [5, 5.41) is 22.5. The third-order valence-electron chi connectivity index (χ3n) is 2.58. The van der Waals surface area contributed by atoms with E-state index in [1.807, 2.05) is 6.92 Å². The third kappa shape index (κ3) is 4.46. The van der Waals surface area contributed by atoms with Crippen molar-refractivity contribution in [2.45, 2.75) is 25.8 Å². The van der Waals surface area contributed by atoms with Crippen LogP contribution in [0.5, 0.6) is 5.75 Å². The first-order valence-corrected chi connectivity index (χ1v) is 5.74. The Morgan fingerprint density at radius 3 is 2.79 bits per heavy atom. The molecule has 0 heterocycles. The largest absolute Gasteiger partial charge is 0.490 e. The molecule has 0 aliphatic rings. The van der Waals surface area contributed by atoms with Gasteiger partial charge in [-0.2, -0.15) is 0 Å². The second-order valence-corrected chi connectivity index (χ2v) is 4.12. The van der Waals surface area contributed by atoms with E-state index in [1.54, 1.807) is 6.07 Å². The van der Waals surface area contributed by atoms with Crippen molar-refractivity contribution in [3.63, 3.8) is 0 Å². The predicted octanol–water partition coefficient (Wildman–Crippen LogP) is 2.27. The molecule has 19 heavy (non-hydrogen) atoms. The SMILES string of the molecule is COc1ccc(NC(C)CCC(=O)O)cc1[N+](=O)[O-]. The Morgan fingerprint density at radius 1 is 1.58 bits per heavy atom. The number of hydrogen-bond donors (Lipinski definition) is 2. The lowest BCUT2D eigenvalue weighted by atomic mass is 10.1. The second kappa shape index (κ2) is 6.58. The fourth-order valence-electron chi connectivity index (χ4n) is 1.62. The first-order valence-electron chi connectivity index (χ1n) is 5.74. The molecule has 1 rings (SSSR count). The van der Waals surface area contributed by atoms with Gasteiger partial charge in [0.2, 0.25) is 0 Å². The average molecular weight is 268 g/mol. The average Bonchev–Trinajstić information content (AvgIpc) is 2.36. The molecule has 2 N–H and O–H groups in total. The first kappa shape index (κ1) is 14.7. The summed E-state index contributed by atoms with van der Waals surface area (Å²) in [7, 11) is 1.37. The number of hydrogen-bond acceptors (Lipinski definition) is 5. The summed E-state index contributed by atoms with van der Waals surface area (Å²) in [6.07, 6.45) is 0.488. The Bertz CT molecular complexity index is 475. The van der Waals surface area contributed by atoms with Crippen LogP contribution in [0.25, 0.3) is 0 Å². The zero-order valence-electron chi connectivity index (χ0n) is 10.8. The molecule has 7 nitrogen and oxygen atoms in total. The quantitative estimate of drug-likeness (QED) is 0.581. The molecule has 7 heteroatoms. The van der Waals surface area contributed by atoms with Crippen molar-refractivity contribution < 1.29 is 19.6 Å². The minimum Gasteiger partial charge on any atom is -0.490 e. The number of benzene rings is 1.